The predicted molar refractivity (Wildman–Crippen MR) is 95.3 cm³/mol. The average molecular weight is 332 g/mol. The van der Waals surface area contributed by atoms with E-state index in [-0.39, 0.29) is 4.08 Å². The summed E-state index contributed by atoms with van der Waals surface area (Å²) in [4.78, 5) is 0. The molecule has 116 valence electrons. The van der Waals surface area contributed by atoms with E-state index in [0.717, 1.165) is 19.3 Å². The minimum atomic E-state index is -0.662. The van der Waals surface area contributed by atoms with Crippen molar-refractivity contribution in [3.8, 4) is 0 Å². The summed E-state index contributed by atoms with van der Waals surface area (Å²) in [6.45, 7) is 0. The molecule has 3 aliphatic rings. The smallest absolute Gasteiger partial charge is 0.142 e. The van der Waals surface area contributed by atoms with Crippen LogP contribution in [0.15, 0.2) is 30.3 Å². The van der Waals surface area contributed by atoms with Crippen LogP contribution in [0.3, 0.4) is 0 Å². The van der Waals surface area contributed by atoms with Gasteiger partial charge in [0.15, 0.2) is 0 Å². The summed E-state index contributed by atoms with van der Waals surface area (Å²) in [6, 6.07) is 10.9. The zero-order valence-corrected chi connectivity index (χ0v) is 14.3. The molecule has 0 amide bonds. The minimum absolute atomic E-state index is 0.171. The number of hydrogen-bond donors (Lipinski definition) is 1. The summed E-state index contributed by atoms with van der Waals surface area (Å²) >= 11 is 4.29. The van der Waals surface area contributed by atoms with E-state index >= 15 is 0 Å². The second-order valence-corrected chi connectivity index (χ2v) is 9.86. The zero-order chi connectivity index (χ0) is 14.8. The van der Waals surface area contributed by atoms with Crippen LogP contribution < -0.4 is 0 Å². The SMILES string of the molecule is OC12CCCC(C1)C1(SCCCS1)c1cc3ccccc3n12. The minimum Gasteiger partial charge on any atom is -0.370 e. The van der Waals surface area contributed by atoms with E-state index in [1.807, 2.05) is 0 Å². The molecule has 4 heteroatoms. The molecule has 2 atom stereocenters. The van der Waals surface area contributed by atoms with Crippen molar-refractivity contribution in [1.29, 1.82) is 0 Å². The van der Waals surface area contributed by atoms with Crippen molar-refractivity contribution in [1.82, 2.24) is 4.57 Å². The summed E-state index contributed by atoms with van der Waals surface area (Å²) in [5.74, 6) is 3.12. The number of aliphatic hydroxyl groups is 1. The lowest BCUT2D eigenvalue weighted by molar-refractivity contribution is -0.0996. The maximum absolute atomic E-state index is 11.4. The Kier molecular flexibility index (Phi) is 2.96. The van der Waals surface area contributed by atoms with E-state index < -0.39 is 5.72 Å². The van der Waals surface area contributed by atoms with Gasteiger partial charge in [0, 0.05) is 17.5 Å². The predicted octanol–water partition coefficient (Wildman–Crippen LogP) is 4.51. The fourth-order valence-electron chi connectivity index (χ4n) is 4.76. The number of fused-ring (bicyclic) bond motifs is 8. The van der Waals surface area contributed by atoms with Crippen molar-refractivity contribution in [2.45, 2.75) is 41.9 Å². The largest absolute Gasteiger partial charge is 0.370 e. The lowest BCUT2D eigenvalue weighted by Gasteiger charge is -2.54. The maximum Gasteiger partial charge on any atom is 0.142 e. The maximum atomic E-state index is 11.4. The van der Waals surface area contributed by atoms with Crippen molar-refractivity contribution < 1.29 is 5.11 Å². The Morgan fingerprint density at radius 2 is 1.95 bits per heavy atom. The number of thioether (sulfide) groups is 2. The lowest BCUT2D eigenvalue weighted by atomic mass is 9.77. The molecule has 2 fully saturated rings. The van der Waals surface area contributed by atoms with E-state index in [1.54, 1.807) is 0 Å². The molecule has 22 heavy (non-hydrogen) atoms. The van der Waals surface area contributed by atoms with Crippen LogP contribution in [0, 0.1) is 5.92 Å². The van der Waals surface area contributed by atoms with Gasteiger partial charge in [0.2, 0.25) is 0 Å². The summed E-state index contributed by atoms with van der Waals surface area (Å²) in [5, 5.41) is 12.7. The third-order valence-corrected chi connectivity index (χ3v) is 9.28. The fraction of sp³-hybridized carbons (Fsp3) is 0.556. The first kappa shape index (κ1) is 13.8. The highest BCUT2D eigenvalue weighted by molar-refractivity contribution is 8.18. The fourth-order valence-corrected chi connectivity index (χ4v) is 8.43. The zero-order valence-electron chi connectivity index (χ0n) is 12.6. The number of para-hydroxylation sites is 1. The van der Waals surface area contributed by atoms with Gasteiger partial charge in [0.1, 0.15) is 9.80 Å². The second-order valence-electron chi connectivity index (χ2n) is 6.92. The lowest BCUT2D eigenvalue weighted by Crippen LogP contribution is -2.51. The summed E-state index contributed by atoms with van der Waals surface area (Å²) < 4.78 is 2.48. The number of benzene rings is 1. The highest BCUT2D eigenvalue weighted by Crippen LogP contribution is 2.64. The standard InChI is InChI=1S/C18H21NOS2/c20-17-8-3-6-14(12-17)18(21-9-4-10-22-18)16-11-13-5-1-2-7-15(13)19(16)17/h1-2,5,7,11,14,20H,3-4,6,8-10,12H2. The van der Waals surface area contributed by atoms with Crippen molar-refractivity contribution in [2.75, 3.05) is 11.5 Å². The van der Waals surface area contributed by atoms with Gasteiger partial charge in [-0.1, -0.05) is 18.2 Å². The van der Waals surface area contributed by atoms with E-state index in [2.05, 4.69) is 58.4 Å². The van der Waals surface area contributed by atoms with Crippen LogP contribution in [0.25, 0.3) is 10.9 Å². The highest BCUT2D eigenvalue weighted by Gasteiger charge is 2.55. The Balaban J connectivity index is 1.83. The molecule has 1 saturated carbocycles. The van der Waals surface area contributed by atoms with Crippen molar-refractivity contribution in [2.24, 2.45) is 5.92 Å². The highest BCUT2D eigenvalue weighted by atomic mass is 32.2. The van der Waals surface area contributed by atoms with Crippen molar-refractivity contribution in [3.05, 3.63) is 36.0 Å². The van der Waals surface area contributed by atoms with Crippen LogP contribution in [-0.4, -0.2) is 21.2 Å². The van der Waals surface area contributed by atoms with Crippen molar-refractivity contribution in [3.63, 3.8) is 0 Å². The number of aromatic nitrogens is 1. The first-order chi connectivity index (χ1) is 10.7. The molecule has 1 aliphatic carbocycles. The molecule has 1 N–H and O–H groups in total. The number of rotatable bonds is 0. The Labute approximate surface area is 139 Å². The summed E-state index contributed by atoms with van der Waals surface area (Å²) in [7, 11) is 0. The van der Waals surface area contributed by atoms with E-state index in [9.17, 15) is 5.11 Å². The van der Waals surface area contributed by atoms with Crippen LogP contribution in [0.1, 0.15) is 37.8 Å². The van der Waals surface area contributed by atoms with Gasteiger partial charge in [-0.05, 0) is 55.2 Å². The van der Waals surface area contributed by atoms with Crippen LogP contribution in [0.4, 0.5) is 0 Å². The quantitative estimate of drug-likeness (QED) is 0.769. The first-order valence-corrected chi connectivity index (χ1v) is 10.3. The molecular formula is C18H21NOS2. The van der Waals surface area contributed by atoms with E-state index in [1.165, 1.54) is 40.9 Å². The van der Waals surface area contributed by atoms with Gasteiger partial charge in [0.05, 0.1) is 5.52 Å². The molecule has 2 nitrogen and oxygen atoms in total. The third kappa shape index (κ3) is 1.69. The topological polar surface area (TPSA) is 25.2 Å². The van der Waals surface area contributed by atoms with Crippen LogP contribution in [0.2, 0.25) is 0 Å². The second kappa shape index (κ2) is 4.71. The summed E-state index contributed by atoms with van der Waals surface area (Å²) in [6.07, 6.45) is 5.56. The van der Waals surface area contributed by atoms with E-state index in [0.29, 0.717) is 5.92 Å². The number of hydrogen-bond acceptors (Lipinski definition) is 3. The molecule has 5 rings (SSSR count). The van der Waals surface area contributed by atoms with Gasteiger partial charge in [-0.3, -0.25) is 0 Å². The third-order valence-electron chi connectivity index (χ3n) is 5.65. The molecule has 1 spiro atoms. The molecule has 1 saturated heterocycles. The van der Waals surface area contributed by atoms with Crippen LogP contribution >= 0.6 is 23.5 Å². The van der Waals surface area contributed by atoms with Gasteiger partial charge < -0.3 is 9.67 Å². The van der Waals surface area contributed by atoms with Gasteiger partial charge >= 0.3 is 0 Å². The van der Waals surface area contributed by atoms with Crippen LogP contribution in [-0.2, 0) is 9.80 Å². The molecule has 2 aromatic rings. The Bertz CT molecular complexity index is 734. The Morgan fingerprint density at radius 1 is 1.14 bits per heavy atom. The number of nitrogens with zero attached hydrogens (tertiary/aromatic N) is 1. The van der Waals surface area contributed by atoms with Gasteiger partial charge in [-0.2, -0.15) is 0 Å². The summed E-state index contributed by atoms with van der Waals surface area (Å²) in [5.41, 5.74) is 1.93. The molecule has 0 radical (unpaired) electrons. The first-order valence-electron chi connectivity index (χ1n) is 8.35. The van der Waals surface area contributed by atoms with Gasteiger partial charge in [0.25, 0.3) is 0 Å². The molecule has 1 aromatic heterocycles. The Morgan fingerprint density at radius 3 is 2.82 bits per heavy atom. The van der Waals surface area contributed by atoms with Gasteiger partial charge in [-0.25, -0.2) is 0 Å². The molecule has 1 aromatic carbocycles. The van der Waals surface area contributed by atoms with Crippen molar-refractivity contribution >= 4 is 34.4 Å². The molecule has 3 heterocycles. The molecule has 2 unspecified atom stereocenters. The Hall–Kier alpha value is -0.580. The molecular weight excluding hydrogens is 310 g/mol. The van der Waals surface area contributed by atoms with E-state index in [4.69, 9.17) is 0 Å². The van der Waals surface area contributed by atoms with Gasteiger partial charge in [-0.15, -0.1) is 23.5 Å². The normalized spacial score (nSPS) is 33.0. The molecule has 2 aliphatic heterocycles. The monoisotopic (exact) mass is 331 g/mol. The molecule has 2 bridgehead atoms. The average Bonchev–Trinajstić information content (AvgIpc) is 2.96. The van der Waals surface area contributed by atoms with Crippen LogP contribution in [0.5, 0.6) is 0 Å².